The molecule has 2 unspecified atom stereocenters. The van der Waals surface area contributed by atoms with Crippen molar-refractivity contribution in [2.24, 2.45) is 0 Å². The Labute approximate surface area is 134 Å². The summed E-state index contributed by atoms with van der Waals surface area (Å²) in [6.07, 6.45) is 0. The lowest BCUT2D eigenvalue weighted by Crippen LogP contribution is -2.48. The third-order valence-electron chi connectivity index (χ3n) is 4.24. The normalized spacial score (nSPS) is 21.3. The molecule has 23 heavy (non-hydrogen) atoms. The summed E-state index contributed by atoms with van der Waals surface area (Å²) in [5, 5.41) is 18.3. The van der Waals surface area contributed by atoms with E-state index in [0.29, 0.717) is 5.82 Å². The number of nitrogens with zero attached hydrogens (tertiary/aromatic N) is 4. The van der Waals surface area contributed by atoms with Crippen LogP contribution >= 0.6 is 0 Å². The Morgan fingerprint density at radius 1 is 0.957 bits per heavy atom. The van der Waals surface area contributed by atoms with Gasteiger partial charge in [0.1, 0.15) is 0 Å². The monoisotopic (exact) mass is 306 g/mol. The van der Waals surface area contributed by atoms with E-state index < -0.39 is 0 Å². The van der Waals surface area contributed by atoms with E-state index in [-0.39, 0.29) is 12.1 Å². The Morgan fingerprint density at radius 3 is 2.39 bits per heavy atom. The van der Waals surface area contributed by atoms with Crippen LogP contribution in [0.3, 0.4) is 0 Å². The maximum absolute atomic E-state index is 4.21. The zero-order chi connectivity index (χ0) is 15.5. The Bertz CT molecular complexity index is 728. The number of para-hydroxylation sites is 1. The van der Waals surface area contributed by atoms with Crippen LogP contribution in [0.1, 0.15) is 23.5 Å². The van der Waals surface area contributed by atoms with Crippen molar-refractivity contribution >= 4 is 5.69 Å². The summed E-state index contributed by atoms with van der Waals surface area (Å²) in [6.45, 7) is 1.80. The van der Waals surface area contributed by atoms with Crippen molar-refractivity contribution in [1.29, 1.82) is 0 Å². The molecule has 6 nitrogen and oxygen atoms in total. The minimum Gasteiger partial charge on any atom is -0.361 e. The lowest BCUT2D eigenvalue weighted by Gasteiger charge is -2.42. The molecule has 2 N–H and O–H groups in total. The standard InChI is InChI=1S/C17H18N6/c1-3-7-13(8-4-1)16-15(17-19-21-22-20-17)18-11-12-23(16)14-9-5-2-6-10-14/h1-10,15-16,18H,11-12H2,(H,19,20,21,22). The molecule has 0 spiro atoms. The number of rotatable bonds is 3. The zero-order valence-corrected chi connectivity index (χ0v) is 12.6. The number of H-pyrrole nitrogens is 1. The second-order valence-electron chi connectivity index (χ2n) is 5.59. The molecule has 2 aromatic carbocycles. The molecule has 0 aliphatic carbocycles. The van der Waals surface area contributed by atoms with Gasteiger partial charge in [0.05, 0.1) is 12.1 Å². The third-order valence-corrected chi connectivity index (χ3v) is 4.24. The first-order chi connectivity index (χ1) is 11.4. The first-order valence-corrected chi connectivity index (χ1v) is 7.77. The Hall–Kier alpha value is -2.73. The molecule has 4 rings (SSSR count). The lowest BCUT2D eigenvalue weighted by atomic mass is 9.94. The Morgan fingerprint density at radius 2 is 1.70 bits per heavy atom. The smallest absolute Gasteiger partial charge is 0.193 e. The number of aromatic amines is 1. The molecule has 0 bridgehead atoms. The van der Waals surface area contributed by atoms with Gasteiger partial charge in [0.2, 0.25) is 0 Å². The van der Waals surface area contributed by atoms with Crippen molar-refractivity contribution < 1.29 is 0 Å². The van der Waals surface area contributed by atoms with E-state index in [4.69, 9.17) is 0 Å². The maximum atomic E-state index is 4.21. The number of nitrogens with one attached hydrogen (secondary N) is 2. The van der Waals surface area contributed by atoms with Crippen LogP contribution in [-0.2, 0) is 0 Å². The minimum atomic E-state index is -0.00916. The number of aromatic nitrogens is 4. The SMILES string of the molecule is c1ccc(C2C(c3nn[nH]n3)NCCN2c2ccccc2)cc1. The summed E-state index contributed by atoms with van der Waals surface area (Å²) in [7, 11) is 0. The van der Waals surface area contributed by atoms with Gasteiger partial charge in [-0.2, -0.15) is 5.21 Å². The van der Waals surface area contributed by atoms with E-state index >= 15 is 0 Å². The molecule has 2 atom stereocenters. The number of tetrazole rings is 1. The molecule has 0 amide bonds. The predicted molar refractivity (Wildman–Crippen MR) is 87.9 cm³/mol. The van der Waals surface area contributed by atoms with Crippen LogP contribution in [0, 0.1) is 0 Å². The number of anilines is 1. The van der Waals surface area contributed by atoms with Crippen LogP contribution in [0.2, 0.25) is 0 Å². The van der Waals surface area contributed by atoms with Gasteiger partial charge < -0.3 is 10.2 Å². The first kappa shape index (κ1) is 13.9. The highest BCUT2D eigenvalue weighted by Gasteiger charge is 2.35. The highest BCUT2D eigenvalue weighted by molar-refractivity contribution is 5.50. The molecule has 2 heterocycles. The summed E-state index contributed by atoms with van der Waals surface area (Å²) < 4.78 is 0. The Kier molecular flexibility index (Phi) is 3.73. The van der Waals surface area contributed by atoms with Gasteiger partial charge in [0, 0.05) is 18.8 Å². The van der Waals surface area contributed by atoms with E-state index in [9.17, 15) is 0 Å². The Balaban J connectivity index is 1.78. The number of hydrogen-bond acceptors (Lipinski definition) is 5. The first-order valence-electron chi connectivity index (χ1n) is 7.77. The van der Waals surface area contributed by atoms with Gasteiger partial charge in [-0.1, -0.05) is 53.7 Å². The van der Waals surface area contributed by atoms with Crippen molar-refractivity contribution in [2.45, 2.75) is 12.1 Å². The molecule has 0 saturated carbocycles. The molecule has 116 valence electrons. The summed E-state index contributed by atoms with van der Waals surface area (Å²) in [5.41, 5.74) is 2.44. The second-order valence-corrected chi connectivity index (χ2v) is 5.59. The topological polar surface area (TPSA) is 69.7 Å². The van der Waals surface area contributed by atoms with Crippen molar-refractivity contribution in [3.63, 3.8) is 0 Å². The number of hydrogen-bond donors (Lipinski definition) is 2. The van der Waals surface area contributed by atoms with Gasteiger partial charge in [-0.3, -0.25) is 0 Å². The van der Waals surface area contributed by atoms with Crippen LogP contribution in [0.4, 0.5) is 5.69 Å². The highest BCUT2D eigenvalue weighted by atomic mass is 15.5. The maximum Gasteiger partial charge on any atom is 0.193 e. The van der Waals surface area contributed by atoms with Gasteiger partial charge in [-0.05, 0) is 17.7 Å². The van der Waals surface area contributed by atoms with Crippen molar-refractivity contribution in [2.75, 3.05) is 18.0 Å². The molecular formula is C17H18N6. The highest BCUT2D eigenvalue weighted by Crippen LogP contribution is 2.37. The van der Waals surface area contributed by atoms with Crippen molar-refractivity contribution in [1.82, 2.24) is 25.9 Å². The average molecular weight is 306 g/mol. The molecule has 1 aliphatic heterocycles. The van der Waals surface area contributed by atoms with E-state index in [1.54, 1.807) is 0 Å². The zero-order valence-electron chi connectivity index (χ0n) is 12.6. The van der Waals surface area contributed by atoms with Gasteiger partial charge >= 0.3 is 0 Å². The van der Waals surface area contributed by atoms with Crippen LogP contribution in [-0.4, -0.2) is 33.7 Å². The molecule has 3 aromatic rings. The van der Waals surface area contributed by atoms with Crippen molar-refractivity contribution in [3.05, 3.63) is 72.1 Å². The summed E-state index contributed by atoms with van der Waals surface area (Å²) in [6, 6.07) is 21.1. The molecule has 1 fully saturated rings. The third kappa shape index (κ3) is 2.68. The van der Waals surface area contributed by atoms with Crippen LogP contribution in [0.5, 0.6) is 0 Å². The fraction of sp³-hybridized carbons (Fsp3) is 0.235. The van der Waals surface area contributed by atoms with Crippen LogP contribution in [0.15, 0.2) is 60.7 Å². The van der Waals surface area contributed by atoms with Gasteiger partial charge in [0.25, 0.3) is 0 Å². The molecule has 6 heteroatoms. The minimum absolute atomic E-state index is 0.00916. The molecule has 1 aromatic heterocycles. The van der Waals surface area contributed by atoms with Crippen molar-refractivity contribution in [3.8, 4) is 0 Å². The fourth-order valence-electron chi connectivity index (χ4n) is 3.24. The average Bonchev–Trinajstić information content (AvgIpc) is 3.17. The summed E-state index contributed by atoms with van der Waals surface area (Å²) in [4.78, 5) is 2.41. The van der Waals surface area contributed by atoms with E-state index in [1.165, 1.54) is 11.3 Å². The molecule has 0 radical (unpaired) electrons. The molecule has 1 aliphatic rings. The fourth-order valence-corrected chi connectivity index (χ4v) is 3.24. The van der Waals surface area contributed by atoms with E-state index in [1.807, 2.05) is 12.1 Å². The summed E-state index contributed by atoms with van der Waals surface area (Å²) >= 11 is 0. The largest absolute Gasteiger partial charge is 0.361 e. The van der Waals surface area contributed by atoms with Crippen LogP contribution in [0.25, 0.3) is 0 Å². The second kappa shape index (κ2) is 6.18. The number of benzene rings is 2. The summed E-state index contributed by atoms with van der Waals surface area (Å²) in [5.74, 6) is 0.694. The number of piperazine rings is 1. The van der Waals surface area contributed by atoms with Gasteiger partial charge in [-0.15, -0.1) is 10.2 Å². The van der Waals surface area contributed by atoms with Gasteiger partial charge in [-0.25, -0.2) is 0 Å². The lowest BCUT2D eigenvalue weighted by molar-refractivity contribution is 0.366. The molecule has 1 saturated heterocycles. The van der Waals surface area contributed by atoms with E-state index in [0.717, 1.165) is 13.1 Å². The van der Waals surface area contributed by atoms with Crippen LogP contribution < -0.4 is 10.2 Å². The van der Waals surface area contributed by atoms with E-state index in [2.05, 4.69) is 79.4 Å². The van der Waals surface area contributed by atoms with Gasteiger partial charge in [0.15, 0.2) is 5.82 Å². The molecular weight excluding hydrogens is 288 g/mol. The quantitative estimate of drug-likeness (QED) is 0.775. The predicted octanol–water partition coefficient (Wildman–Crippen LogP) is 2.09.